The maximum Gasteiger partial charge on any atom is 0.271 e. The van der Waals surface area contributed by atoms with E-state index in [0.717, 1.165) is 23.5 Å². The van der Waals surface area contributed by atoms with Crippen LogP contribution in [0, 0.1) is 6.92 Å². The fourth-order valence-electron chi connectivity index (χ4n) is 3.14. The second-order valence-electron chi connectivity index (χ2n) is 7.88. The number of rotatable bonds is 10. The Morgan fingerprint density at radius 2 is 1.69 bits per heavy atom. The summed E-state index contributed by atoms with van der Waals surface area (Å²) < 4.78 is 11.8. The number of aryl methyl sites for hydroxylation is 1. The van der Waals surface area contributed by atoms with Crippen molar-refractivity contribution in [3.8, 4) is 11.5 Å². The molecule has 1 amide bonds. The van der Waals surface area contributed by atoms with E-state index in [1.54, 1.807) is 18.3 Å². The number of hydrogen-bond acceptors (Lipinski definition) is 4. The number of nitrogens with one attached hydrogen (secondary N) is 1. The van der Waals surface area contributed by atoms with Gasteiger partial charge in [-0.15, -0.1) is 0 Å². The van der Waals surface area contributed by atoms with Crippen molar-refractivity contribution in [1.82, 2.24) is 5.43 Å². The van der Waals surface area contributed by atoms with Crippen LogP contribution in [0.3, 0.4) is 0 Å². The molecule has 1 N–H and O–H groups in total. The van der Waals surface area contributed by atoms with Crippen molar-refractivity contribution in [3.63, 3.8) is 0 Å². The summed E-state index contributed by atoms with van der Waals surface area (Å²) in [6.45, 7) is 7.60. The van der Waals surface area contributed by atoms with Crippen LogP contribution >= 0.6 is 0 Å². The highest BCUT2D eigenvalue weighted by Crippen LogP contribution is 2.27. The summed E-state index contributed by atoms with van der Waals surface area (Å²) >= 11 is 0. The van der Waals surface area contributed by atoms with E-state index in [-0.39, 0.29) is 5.91 Å². The first-order valence-electron chi connectivity index (χ1n) is 10.9. The Morgan fingerprint density at radius 1 is 0.969 bits per heavy atom. The van der Waals surface area contributed by atoms with Crippen LogP contribution in [-0.2, 0) is 0 Å². The van der Waals surface area contributed by atoms with Crippen LogP contribution in [0.4, 0.5) is 0 Å². The van der Waals surface area contributed by atoms with Gasteiger partial charge in [0.15, 0.2) is 0 Å². The van der Waals surface area contributed by atoms with Gasteiger partial charge in [0.1, 0.15) is 11.5 Å². The van der Waals surface area contributed by atoms with Crippen LogP contribution < -0.4 is 14.9 Å². The molecule has 0 saturated carbocycles. The zero-order valence-corrected chi connectivity index (χ0v) is 18.9. The van der Waals surface area contributed by atoms with Gasteiger partial charge < -0.3 is 9.47 Å². The number of carbonyl (C=O) groups excluding carboxylic acids is 1. The van der Waals surface area contributed by atoms with E-state index in [0.29, 0.717) is 24.7 Å². The topological polar surface area (TPSA) is 59.9 Å². The predicted octanol–water partition coefficient (Wildman–Crippen LogP) is 5.73. The number of benzene rings is 3. The van der Waals surface area contributed by atoms with Gasteiger partial charge in [0.05, 0.1) is 19.4 Å². The minimum absolute atomic E-state index is 0.241. The zero-order valence-electron chi connectivity index (χ0n) is 18.9. The molecule has 0 aliphatic heterocycles. The minimum Gasteiger partial charge on any atom is -0.493 e. The van der Waals surface area contributed by atoms with Crippen LogP contribution in [0.25, 0.3) is 0 Å². The van der Waals surface area contributed by atoms with Crippen LogP contribution in [0.15, 0.2) is 77.9 Å². The lowest BCUT2D eigenvalue weighted by Gasteiger charge is -2.15. The molecule has 0 atom stereocenters. The minimum atomic E-state index is -0.241. The van der Waals surface area contributed by atoms with Crippen LogP contribution in [0.5, 0.6) is 11.5 Å². The molecule has 0 aromatic heterocycles. The second-order valence-corrected chi connectivity index (χ2v) is 7.88. The van der Waals surface area contributed by atoms with Crippen molar-refractivity contribution >= 4 is 12.1 Å². The van der Waals surface area contributed by atoms with Gasteiger partial charge in [0.25, 0.3) is 5.91 Å². The first-order valence-corrected chi connectivity index (χ1v) is 10.9. The number of amides is 1. The van der Waals surface area contributed by atoms with Crippen molar-refractivity contribution in [2.24, 2.45) is 5.10 Å². The van der Waals surface area contributed by atoms with Crippen molar-refractivity contribution in [2.75, 3.05) is 13.2 Å². The summed E-state index contributed by atoms with van der Waals surface area (Å²) in [7, 11) is 0. The van der Waals surface area contributed by atoms with Crippen LogP contribution in [0.2, 0.25) is 0 Å². The highest BCUT2D eigenvalue weighted by molar-refractivity contribution is 5.94. The normalized spacial score (nSPS) is 11.0. The number of ether oxygens (including phenoxy) is 2. The Labute approximate surface area is 190 Å². The highest BCUT2D eigenvalue weighted by Gasteiger charge is 2.08. The van der Waals surface area contributed by atoms with Gasteiger partial charge in [-0.2, -0.15) is 5.10 Å². The summed E-state index contributed by atoms with van der Waals surface area (Å²) in [5, 5.41) is 4.01. The number of nitrogens with zero attached hydrogens (tertiary/aromatic N) is 1. The Balaban J connectivity index is 1.40. The summed E-state index contributed by atoms with van der Waals surface area (Å²) in [6, 6.07) is 22.9. The second kappa shape index (κ2) is 11.7. The largest absolute Gasteiger partial charge is 0.493 e. The van der Waals surface area contributed by atoms with Crippen molar-refractivity contribution < 1.29 is 14.3 Å². The smallest absolute Gasteiger partial charge is 0.271 e. The van der Waals surface area contributed by atoms with Crippen molar-refractivity contribution in [2.45, 2.75) is 33.1 Å². The number of hydrogen-bond donors (Lipinski definition) is 1. The molecule has 0 spiro atoms. The molecule has 0 aliphatic carbocycles. The summed E-state index contributed by atoms with van der Waals surface area (Å²) in [6.07, 6.45) is 2.40. The number of carbonyl (C=O) groups is 1. The lowest BCUT2D eigenvalue weighted by atomic mass is 10.0. The SMILES string of the molecule is Cc1ccc(C(C)C)c(OCCCOc2ccc(C=NNC(=O)c3ccccc3)cc2)c1. The molecule has 5 heteroatoms. The van der Waals surface area contributed by atoms with Gasteiger partial charge in [0, 0.05) is 12.0 Å². The third-order valence-corrected chi connectivity index (χ3v) is 4.90. The third-order valence-electron chi connectivity index (χ3n) is 4.90. The molecular formula is C27H30N2O3. The monoisotopic (exact) mass is 430 g/mol. The quantitative estimate of drug-likeness (QED) is 0.254. The van der Waals surface area contributed by atoms with E-state index in [2.05, 4.69) is 49.5 Å². The van der Waals surface area contributed by atoms with Gasteiger partial charge in [0.2, 0.25) is 0 Å². The van der Waals surface area contributed by atoms with E-state index in [1.165, 1.54) is 11.1 Å². The Hall–Kier alpha value is -3.60. The van der Waals surface area contributed by atoms with E-state index in [9.17, 15) is 4.79 Å². The number of hydrazone groups is 1. The van der Waals surface area contributed by atoms with E-state index in [1.807, 2.05) is 42.5 Å². The molecule has 166 valence electrons. The van der Waals surface area contributed by atoms with E-state index < -0.39 is 0 Å². The summed E-state index contributed by atoms with van der Waals surface area (Å²) in [5.41, 5.74) is 6.39. The van der Waals surface area contributed by atoms with Crippen LogP contribution in [0.1, 0.15) is 53.2 Å². The summed E-state index contributed by atoms with van der Waals surface area (Å²) in [5.74, 6) is 1.93. The summed E-state index contributed by atoms with van der Waals surface area (Å²) in [4.78, 5) is 12.0. The average Bonchev–Trinajstić information content (AvgIpc) is 2.80. The molecule has 0 radical (unpaired) electrons. The van der Waals surface area contributed by atoms with Gasteiger partial charge in [-0.3, -0.25) is 4.79 Å². The Kier molecular flexibility index (Phi) is 8.44. The fraction of sp³-hybridized carbons (Fsp3) is 0.259. The van der Waals surface area contributed by atoms with Crippen molar-refractivity contribution in [3.05, 3.63) is 95.1 Å². The first kappa shape index (κ1) is 23.1. The molecule has 0 heterocycles. The molecule has 0 fully saturated rings. The Morgan fingerprint density at radius 3 is 2.41 bits per heavy atom. The molecule has 0 saturated heterocycles. The van der Waals surface area contributed by atoms with Gasteiger partial charge in [-0.1, -0.05) is 44.2 Å². The molecule has 3 rings (SSSR count). The highest BCUT2D eigenvalue weighted by atomic mass is 16.5. The third kappa shape index (κ3) is 6.98. The van der Waals surface area contributed by atoms with Gasteiger partial charge in [-0.05, 0) is 72.0 Å². The lowest BCUT2D eigenvalue weighted by molar-refractivity contribution is 0.0955. The molecular weight excluding hydrogens is 400 g/mol. The Bertz CT molecular complexity index is 1030. The molecule has 3 aromatic carbocycles. The molecule has 5 nitrogen and oxygen atoms in total. The predicted molar refractivity (Wildman–Crippen MR) is 129 cm³/mol. The average molecular weight is 431 g/mol. The zero-order chi connectivity index (χ0) is 22.8. The van der Waals surface area contributed by atoms with Crippen molar-refractivity contribution in [1.29, 1.82) is 0 Å². The molecule has 0 unspecified atom stereocenters. The van der Waals surface area contributed by atoms with Crippen LogP contribution in [-0.4, -0.2) is 25.3 Å². The van der Waals surface area contributed by atoms with E-state index >= 15 is 0 Å². The first-order chi connectivity index (χ1) is 15.5. The maximum atomic E-state index is 12.0. The molecule has 3 aromatic rings. The molecule has 32 heavy (non-hydrogen) atoms. The fourth-order valence-corrected chi connectivity index (χ4v) is 3.14. The van der Waals surface area contributed by atoms with Gasteiger partial charge >= 0.3 is 0 Å². The van der Waals surface area contributed by atoms with E-state index in [4.69, 9.17) is 9.47 Å². The van der Waals surface area contributed by atoms with Gasteiger partial charge in [-0.25, -0.2) is 5.43 Å². The lowest BCUT2D eigenvalue weighted by Crippen LogP contribution is -2.17. The molecule has 0 aliphatic rings. The molecule has 0 bridgehead atoms. The standard InChI is InChI=1S/C27H30N2O3/c1-20(2)25-15-10-21(3)18-26(25)32-17-7-16-31-24-13-11-22(12-14-24)19-28-29-27(30)23-8-5-4-6-9-23/h4-6,8-15,18-20H,7,16-17H2,1-3H3,(H,29,30). The maximum absolute atomic E-state index is 12.0.